The third-order valence-corrected chi connectivity index (χ3v) is 2.94. The molecule has 0 radical (unpaired) electrons. The van der Waals surface area contributed by atoms with Crippen molar-refractivity contribution in [3.05, 3.63) is 28.2 Å². The first-order chi connectivity index (χ1) is 8.49. The van der Waals surface area contributed by atoms with Gasteiger partial charge in [-0.1, -0.05) is 5.16 Å². The number of carbonyl (C=O) groups excluding carboxylic acids is 1. The molecule has 0 aliphatic heterocycles. The minimum absolute atomic E-state index is 0.0593. The Hall–Kier alpha value is -1.76. The molecule has 0 aromatic heterocycles. The van der Waals surface area contributed by atoms with Crippen molar-refractivity contribution in [3.8, 4) is 5.75 Å². The number of hydrogen-bond acceptors (Lipinski definition) is 4. The van der Waals surface area contributed by atoms with Crippen LogP contribution >= 0.6 is 15.9 Å². The highest BCUT2D eigenvalue weighted by atomic mass is 79.9. The van der Waals surface area contributed by atoms with Crippen LogP contribution in [0.5, 0.6) is 5.75 Å². The fourth-order valence-corrected chi connectivity index (χ4v) is 1.79. The van der Waals surface area contributed by atoms with Crippen molar-refractivity contribution in [1.82, 2.24) is 5.32 Å². The number of oxime groups is 1. The van der Waals surface area contributed by atoms with Gasteiger partial charge in [-0.3, -0.25) is 4.79 Å². The Morgan fingerprint density at radius 3 is 2.78 bits per heavy atom. The van der Waals surface area contributed by atoms with E-state index >= 15 is 0 Å². The monoisotopic (exact) mass is 315 g/mol. The molecule has 0 saturated heterocycles. The fraction of sp³-hybridized carbons (Fsp3) is 0.273. The summed E-state index contributed by atoms with van der Waals surface area (Å²) in [4.78, 5) is 11.9. The van der Waals surface area contributed by atoms with Crippen LogP contribution < -0.4 is 15.8 Å². The molecule has 6 nitrogen and oxygen atoms in total. The number of hydrogen-bond donors (Lipinski definition) is 3. The lowest BCUT2D eigenvalue weighted by molar-refractivity contribution is 0.0948. The number of halogens is 1. The van der Waals surface area contributed by atoms with Crippen LogP contribution in [0.3, 0.4) is 0 Å². The molecule has 0 heterocycles. The van der Waals surface area contributed by atoms with E-state index in [2.05, 4.69) is 26.4 Å². The third-order valence-electron chi connectivity index (χ3n) is 2.32. The van der Waals surface area contributed by atoms with Crippen molar-refractivity contribution < 1.29 is 14.7 Å². The largest absolute Gasteiger partial charge is 0.496 e. The molecule has 18 heavy (non-hydrogen) atoms. The van der Waals surface area contributed by atoms with Gasteiger partial charge >= 0.3 is 0 Å². The fourth-order valence-electron chi connectivity index (χ4n) is 1.25. The molecule has 0 fully saturated rings. The maximum atomic E-state index is 11.9. The molecule has 1 unspecified atom stereocenters. The maximum absolute atomic E-state index is 11.9. The van der Waals surface area contributed by atoms with Crippen LogP contribution in [0, 0.1) is 0 Å². The van der Waals surface area contributed by atoms with Crippen LogP contribution in [-0.4, -0.2) is 30.1 Å². The Morgan fingerprint density at radius 2 is 2.28 bits per heavy atom. The standard InChI is InChI=1S/C11H14BrN3O3/c1-6(10(13)15-17)14-11(16)7-3-4-9(18-2)8(12)5-7/h3-6,17H,1-2H3,(H2,13,15)(H,14,16). The van der Waals surface area contributed by atoms with Gasteiger partial charge in [-0.25, -0.2) is 0 Å². The van der Waals surface area contributed by atoms with Crippen LogP contribution in [0.25, 0.3) is 0 Å². The predicted molar refractivity (Wildman–Crippen MR) is 71.0 cm³/mol. The number of nitrogens with zero attached hydrogens (tertiary/aromatic N) is 1. The van der Waals surface area contributed by atoms with E-state index in [-0.39, 0.29) is 11.7 Å². The Kier molecular flexibility index (Phi) is 4.96. The topological polar surface area (TPSA) is 96.9 Å². The molecular formula is C11H14BrN3O3. The van der Waals surface area contributed by atoms with Crippen LogP contribution in [0.2, 0.25) is 0 Å². The van der Waals surface area contributed by atoms with E-state index < -0.39 is 6.04 Å². The van der Waals surface area contributed by atoms with E-state index in [0.29, 0.717) is 15.8 Å². The lowest BCUT2D eigenvalue weighted by Gasteiger charge is -2.12. The first-order valence-corrected chi connectivity index (χ1v) is 5.90. The molecule has 0 bridgehead atoms. The first kappa shape index (κ1) is 14.3. The number of nitrogens with two attached hydrogens (primary N) is 1. The van der Waals surface area contributed by atoms with Gasteiger partial charge in [-0.15, -0.1) is 0 Å². The van der Waals surface area contributed by atoms with Gasteiger partial charge in [0.05, 0.1) is 17.6 Å². The van der Waals surface area contributed by atoms with Gasteiger partial charge < -0.3 is 21.0 Å². The lowest BCUT2D eigenvalue weighted by Crippen LogP contribution is -2.42. The SMILES string of the molecule is COc1ccc(C(=O)NC(C)/C(N)=N/O)cc1Br. The summed E-state index contributed by atoms with van der Waals surface area (Å²) in [5, 5.41) is 13.9. The minimum atomic E-state index is -0.552. The van der Waals surface area contributed by atoms with E-state index in [4.69, 9.17) is 15.7 Å². The van der Waals surface area contributed by atoms with Gasteiger partial charge in [0.25, 0.3) is 5.91 Å². The van der Waals surface area contributed by atoms with Crippen molar-refractivity contribution >= 4 is 27.7 Å². The average molecular weight is 316 g/mol. The van der Waals surface area contributed by atoms with Crippen LogP contribution in [0.1, 0.15) is 17.3 Å². The lowest BCUT2D eigenvalue weighted by atomic mass is 10.2. The molecule has 0 saturated carbocycles. The number of carbonyl (C=O) groups is 1. The summed E-state index contributed by atoms with van der Waals surface area (Å²) in [6, 6.07) is 4.38. The number of rotatable bonds is 4. The van der Waals surface area contributed by atoms with Gasteiger partial charge in [-0.05, 0) is 41.1 Å². The molecule has 0 spiro atoms. The highest BCUT2D eigenvalue weighted by Crippen LogP contribution is 2.25. The molecule has 1 aromatic carbocycles. The van der Waals surface area contributed by atoms with Gasteiger partial charge in [0.1, 0.15) is 5.75 Å². The van der Waals surface area contributed by atoms with Crippen molar-refractivity contribution in [2.24, 2.45) is 10.9 Å². The number of benzene rings is 1. The first-order valence-electron chi connectivity index (χ1n) is 5.11. The molecule has 1 atom stereocenters. The molecule has 7 heteroatoms. The zero-order chi connectivity index (χ0) is 13.7. The number of ether oxygens (including phenoxy) is 1. The zero-order valence-electron chi connectivity index (χ0n) is 9.98. The van der Waals surface area contributed by atoms with Crippen LogP contribution in [-0.2, 0) is 0 Å². The molecular weight excluding hydrogens is 302 g/mol. The quantitative estimate of drug-likeness (QED) is 0.338. The Bertz CT molecular complexity index is 477. The van der Waals surface area contributed by atoms with Gasteiger partial charge in [-0.2, -0.15) is 0 Å². The summed E-state index contributed by atoms with van der Waals surface area (Å²) in [5.41, 5.74) is 5.82. The summed E-state index contributed by atoms with van der Waals surface area (Å²) in [5.74, 6) is 0.254. The summed E-state index contributed by atoms with van der Waals surface area (Å²) in [6.45, 7) is 1.62. The molecule has 0 aliphatic rings. The molecule has 0 aliphatic carbocycles. The number of methoxy groups -OCH3 is 1. The third kappa shape index (κ3) is 3.36. The normalized spacial score (nSPS) is 12.9. The van der Waals surface area contributed by atoms with Crippen LogP contribution in [0.15, 0.2) is 27.8 Å². The van der Waals surface area contributed by atoms with Gasteiger partial charge in [0.15, 0.2) is 5.84 Å². The number of amidine groups is 1. The molecule has 1 amide bonds. The average Bonchev–Trinajstić information content (AvgIpc) is 2.37. The summed E-state index contributed by atoms with van der Waals surface area (Å²) >= 11 is 3.29. The van der Waals surface area contributed by atoms with E-state index in [0.717, 1.165) is 0 Å². The highest BCUT2D eigenvalue weighted by molar-refractivity contribution is 9.10. The smallest absolute Gasteiger partial charge is 0.251 e. The van der Waals surface area contributed by atoms with Crippen molar-refractivity contribution in [2.45, 2.75) is 13.0 Å². The van der Waals surface area contributed by atoms with E-state index in [1.807, 2.05) is 0 Å². The second kappa shape index (κ2) is 6.25. The molecule has 98 valence electrons. The second-order valence-corrected chi connectivity index (χ2v) is 4.42. The minimum Gasteiger partial charge on any atom is -0.496 e. The maximum Gasteiger partial charge on any atom is 0.251 e. The van der Waals surface area contributed by atoms with Crippen LogP contribution in [0.4, 0.5) is 0 Å². The van der Waals surface area contributed by atoms with Crippen molar-refractivity contribution in [2.75, 3.05) is 7.11 Å². The Labute approximate surface area is 113 Å². The predicted octanol–water partition coefficient (Wildman–Crippen LogP) is 1.32. The zero-order valence-corrected chi connectivity index (χ0v) is 11.6. The number of amides is 1. The molecule has 1 aromatic rings. The number of nitrogens with one attached hydrogen (secondary N) is 1. The Balaban J connectivity index is 2.82. The van der Waals surface area contributed by atoms with Crippen molar-refractivity contribution in [1.29, 1.82) is 0 Å². The summed E-state index contributed by atoms with van der Waals surface area (Å²) in [7, 11) is 1.54. The molecule has 1 rings (SSSR count). The van der Waals surface area contributed by atoms with Gasteiger partial charge in [0, 0.05) is 5.56 Å². The van der Waals surface area contributed by atoms with Crippen molar-refractivity contribution in [3.63, 3.8) is 0 Å². The second-order valence-electron chi connectivity index (χ2n) is 3.57. The summed E-state index contributed by atoms with van der Waals surface area (Å²) in [6.07, 6.45) is 0. The Morgan fingerprint density at radius 1 is 1.61 bits per heavy atom. The highest BCUT2D eigenvalue weighted by Gasteiger charge is 2.14. The van der Waals surface area contributed by atoms with E-state index in [1.54, 1.807) is 32.2 Å². The van der Waals surface area contributed by atoms with E-state index in [9.17, 15) is 4.79 Å². The van der Waals surface area contributed by atoms with Gasteiger partial charge in [0.2, 0.25) is 0 Å². The molecule has 4 N–H and O–H groups in total. The van der Waals surface area contributed by atoms with E-state index in [1.165, 1.54) is 0 Å². The summed E-state index contributed by atoms with van der Waals surface area (Å²) < 4.78 is 5.74.